The van der Waals surface area contributed by atoms with E-state index in [0.29, 0.717) is 35.6 Å². The van der Waals surface area contributed by atoms with Crippen molar-refractivity contribution in [2.75, 3.05) is 5.32 Å². The predicted molar refractivity (Wildman–Crippen MR) is 96.7 cm³/mol. The molecule has 2 heterocycles. The lowest BCUT2D eigenvalue weighted by Gasteiger charge is -2.32. The lowest BCUT2D eigenvalue weighted by Crippen LogP contribution is -2.36. The first-order valence-electron chi connectivity index (χ1n) is 9.11. The number of amides is 1. The first-order valence-corrected chi connectivity index (χ1v) is 9.49. The van der Waals surface area contributed by atoms with Crippen LogP contribution >= 0.6 is 11.6 Å². The molecule has 2 aliphatic rings. The lowest BCUT2D eigenvalue weighted by atomic mass is 9.82. The van der Waals surface area contributed by atoms with Gasteiger partial charge in [-0.15, -0.1) is 0 Å². The van der Waals surface area contributed by atoms with E-state index < -0.39 is 5.60 Å². The molecule has 134 valence electrons. The van der Waals surface area contributed by atoms with Gasteiger partial charge in [-0.2, -0.15) is 0 Å². The Bertz CT molecular complexity index is 794. The first-order chi connectivity index (χ1) is 12.0. The minimum atomic E-state index is -0.878. The van der Waals surface area contributed by atoms with Crippen LogP contribution in [0.3, 0.4) is 0 Å². The average molecular weight is 363 g/mol. The number of pyridine rings is 1. The van der Waals surface area contributed by atoms with Gasteiger partial charge in [0.25, 0.3) is 0 Å². The second-order valence-electron chi connectivity index (χ2n) is 7.38. The Morgan fingerprint density at radius 2 is 2.00 bits per heavy atom. The SMILES string of the molecule is O=C(CC1(O)CCCCC1)Nc1nc2ccc(Cl)nc2n1C1CCC1. The highest BCUT2D eigenvalue weighted by atomic mass is 35.5. The number of rotatable bonds is 4. The smallest absolute Gasteiger partial charge is 0.229 e. The van der Waals surface area contributed by atoms with Gasteiger partial charge in [-0.3, -0.25) is 14.7 Å². The molecule has 2 fully saturated rings. The molecular formula is C18H23ClN4O2. The summed E-state index contributed by atoms with van der Waals surface area (Å²) in [5.74, 6) is 0.324. The standard InChI is InChI=1S/C18H23ClN4O2/c19-14-8-7-13-16(21-14)23(12-5-4-6-12)17(20-13)22-15(24)11-18(25)9-2-1-3-10-18/h7-8,12,25H,1-6,9-11H2,(H,20,22,24). The van der Waals surface area contributed by atoms with Crippen molar-refractivity contribution < 1.29 is 9.90 Å². The minimum Gasteiger partial charge on any atom is -0.389 e. The Labute approximate surface area is 151 Å². The molecule has 2 saturated carbocycles. The predicted octanol–water partition coefficient (Wildman–Crippen LogP) is 3.83. The van der Waals surface area contributed by atoms with Crippen molar-refractivity contribution in [2.24, 2.45) is 0 Å². The van der Waals surface area contributed by atoms with Crippen LogP contribution in [-0.2, 0) is 4.79 Å². The average Bonchev–Trinajstić information content (AvgIpc) is 2.83. The number of aromatic nitrogens is 3. The molecule has 4 rings (SSSR count). The minimum absolute atomic E-state index is 0.120. The molecule has 0 spiro atoms. The van der Waals surface area contributed by atoms with Gasteiger partial charge >= 0.3 is 0 Å². The number of carbonyl (C=O) groups excluding carboxylic acids is 1. The summed E-state index contributed by atoms with van der Waals surface area (Å²) in [4.78, 5) is 21.5. The number of aliphatic hydroxyl groups is 1. The van der Waals surface area contributed by atoms with Gasteiger partial charge in [0, 0.05) is 6.04 Å². The fraction of sp³-hybridized carbons (Fsp3) is 0.611. The lowest BCUT2D eigenvalue weighted by molar-refractivity contribution is -0.122. The van der Waals surface area contributed by atoms with Crippen molar-refractivity contribution in [3.05, 3.63) is 17.3 Å². The fourth-order valence-electron chi connectivity index (χ4n) is 3.88. The van der Waals surface area contributed by atoms with Crippen molar-refractivity contribution in [1.82, 2.24) is 14.5 Å². The fourth-order valence-corrected chi connectivity index (χ4v) is 4.03. The maximum absolute atomic E-state index is 12.5. The summed E-state index contributed by atoms with van der Waals surface area (Å²) in [5, 5.41) is 13.9. The molecule has 1 amide bonds. The Balaban J connectivity index is 1.59. The molecule has 2 aromatic rings. The van der Waals surface area contributed by atoms with Crippen LogP contribution in [0.1, 0.15) is 63.8 Å². The Hall–Kier alpha value is -1.66. The maximum atomic E-state index is 12.5. The normalized spacial score (nSPS) is 20.4. The second-order valence-corrected chi connectivity index (χ2v) is 7.76. The third-order valence-electron chi connectivity index (χ3n) is 5.47. The number of hydrogen-bond donors (Lipinski definition) is 2. The molecule has 25 heavy (non-hydrogen) atoms. The number of nitrogens with zero attached hydrogens (tertiary/aromatic N) is 3. The molecule has 0 radical (unpaired) electrons. The van der Waals surface area contributed by atoms with Crippen LogP contribution in [0.15, 0.2) is 12.1 Å². The van der Waals surface area contributed by atoms with E-state index in [1.54, 1.807) is 6.07 Å². The summed E-state index contributed by atoms with van der Waals surface area (Å²) in [7, 11) is 0. The highest BCUT2D eigenvalue weighted by molar-refractivity contribution is 6.29. The molecular weight excluding hydrogens is 340 g/mol. The first kappa shape index (κ1) is 16.8. The maximum Gasteiger partial charge on any atom is 0.229 e. The highest BCUT2D eigenvalue weighted by Crippen LogP contribution is 2.37. The Morgan fingerprint density at radius 3 is 2.68 bits per heavy atom. The third-order valence-corrected chi connectivity index (χ3v) is 5.68. The topological polar surface area (TPSA) is 80.0 Å². The van der Waals surface area contributed by atoms with Crippen LogP contribution in [-0.4, -0.2) is 31.1 Å². The number of carbonyl (C=O) groups is 1. The molecule has 6 nitrogen and oxygen atoms in total. The van der Waals surface area contributed by atoms with E-state index in [0.717, 1.165) is 44.0 Å². The van der Waals surface area contributed by atoms with Crippen molar-refractivity contribution in [1.29, 1.82) is 0 Å². The van der Waals surface area contributed by atoms with Crippen LogP contribution in [0, 0.1) is 0 Å². The number of fused-ring (bicyclic) bond motifs is 1. The van der Waals surface area contributed by atoms with Gasteiger partial charge in [0.1, 0.15) is 10.7 Å². The van der Waals surface area contributed by atoms with Crippen LogP contribution in [0.25, 0.3) is 11.2 Å². The molecule has 0 bridgehead atoms. The van der Waals surface area contributed by atoms with Crippen molar-refractivity contribution in [3.63, 3.8) is 0 Å². The zero-order valence-corrected chi connectivity index (χ0v) is 14.9. The van der Waals surface area contributed by atoms with Gasteiger partial charge in [0.2, 0.25) is 11.9 Å². The Morgan fingerprint density at radius 1 is 1.24 bits per heavy atom. The van der Waals surface area contributed by atoms with Gasteiger partial charge < -0.3 is 5.11 Å². The highest BCUT2D eigenvalue weighted by Gasteiger charge is 2.33. The summed E-state index contributed by atoms with van der Waals surface area (Å²) < 4.78 is 1.99. The van der Waals surface area contributed by atoms with Gasteiger partial charge in [-0.25, -0.2) is 9.97 Å². The third kappa shape index (κ3) is 3.37. The molecule has 0 saturated heterocycles. The summed E-state index contributed by atoms with van der Waals surface area (Å²) in [6.45, 7) is 0. The largest absolute Gasteiger partial charge is 0.389 e. The summed E-state index contributed by atoms with van der Waals surface area (Å²) in [6, 6.07) is 3.83. The van der Waals surface area contributed by atoms with E-state index >= 15 is 0 Å². The molecule has 2 aliphatic carbocycles. The number of nitrogens with one attached hydrogen (secondary N) is 1. The molecule has 0 atom stereocenters. The zero-order chi connectivity index (χ0) is 17.4. The molecule has 0 aromatic carbocycles. The van der Waals surface area contributed by atoms with E-state index in [1.807, 2.05) is 10.6 Å². The van der Waals surface area contributed by atoms with E-state index in [-0.39, 0.29) is 12.3 Å². The van der Waals surface area contributed by atoms with Gasteiger partial charge in [0.05, 0.1) is 12.0 Å². The zero-order valence-electron chi connectivity index (χ0n) is 14.2. The van der Waals surface area contributed by atoms with Crippen molar-refractivity contribution in [2.45, 2.75) is 69.4 Å². The molecule has 0 unspecified atom stereocenters. The molecule has 2 aromatic heterocycles. The van der Waals surface area contributed by atoms with Crippen molar-refractivity contribution >= 4 is 34.6 Å². The van der Waals surface area contributed by atoms with Crippen LogP contribution in [0.4, 0.5) is 5.95 Å². The Kier molecular flexibility index (Phi) is 4.41. The number of hydrogen-bond acceptors (Lipinski definition) is 4. The van der Waals surface area contributed by atoms with E-state index in [4.69, 9.17) is 11.6 Å². The summed E-state index contributed by atoms with van der Waals surface area (Å²) in [5.41, 5.74) is 0.559. The summed E-state index contributed by atoms with van der Waals surface area (Å²) in [6.07, 6.45) is 7.85. The van der Waals surface area contributed by atoms with Gasteiger partial charge in [-0.05, 0) is 44.2 Å². The monoisotopic (exact) mass is 362 g/mol. The van der Waals surface area contributed by atoms with Gasteiger partial charge in [-0.1, -0.05) is 30.9 Å². The molecule has 7 heteroatoms. The molecule has 0 aliphatic heterocycles. The van der Waals surface area contributed by atoms with Crippen LogP contribution in [0.5, 0.6) is 0 Å². The second kappa shape index (κ2) is 6.57. The van der Waals surface area contributed by atoms with E-state index in [9.17, 15) is 9.90 Å². The van der Waals surface area contributed by atoms with Gasteiger partial charge in [0.15, 0.2) is 5.65 Å². The van der Waals surface area contributed by atoms with E-state index in [2.05, 4.69) is 15.3 Å². The number of halogens is 1. The van der Waals surface area contributed by atoms with Crippen LogP contribution < -0.4 is 5.32 Å². The van der Waals surface area contributed by atoms with Crippen molar-refractivity contribution in [3.8, 4) is 0 Å². The quantitative estimate of drug-likeness (QED) is 0.810. The number of imidazole rings is 1. The van der Waals surface area contributed by atoms with E-state index in [1.165, 1.54) is 0 Å². The van der Waals surface area contributed by atoms with Crippen LogP contribution in [0.2, 0.25) is 5.15 Å². The number of anilines is 1. The molecule has 2 N–H and O–H groups in total. The summed E-state index contributed by atoms with van der Waals surface area (Å²) >= 11 is 6.05.